The topological polar surface area (TPSA) is 98.5 Å². The summed E-state index contributed by atoms with van der Waals surface area (Å²) in [5.74, 6) is -0.691. The van der Waals surface area contributed by atoms with E-state index in [0.29, 0.717) is 13.0 Å². The van der Waals surface area contributed by atoms with Crippen LogP contribution < -0.4 is 10.5 Å². The monoisotopic (exact) mass is 314 g/mol. The molecule has 6 nitrogen and oxygen atoms in total. The Labute approximate surface area is 125 Å². The van der Waals surface area contributed by atoms with Gasteiger partial charge in [-0.15, -0.1) is 0 Å². The third-order valence-corrected chi connectivity index (χ3v) is 4.41. The van der Waals surface area contributed by atoms with Crippen molar-refractivity contribution < 1.29 is 17.9 Å². The number of rotatable bonds is 5. The zero-order valence-corrected chi connectivity index (χ0v) is 13.6. The largest absolute Gasteiger partial charge is 0.465 e. The van der Waals surface area contributed by atoms with Crippen LogP contribution in [0.15, 0.2) is 23.1 Å². The standard InChI is InChI=1S/C14H22N2O4S/c1-14(2,3)16-21(18,19)12-9-10(7-8-15)5-6-11(12)13(17)20-4/h5-6,9,16H,7-8,15H2,1-4H3. The number of hydrogen-bond donors (Lipinski definition) is 2. The highest BCUT2D eigenvalue weighted by molar-refractivity contribution is 7.89. The fourth-order valence-corrected chi connectivity index (χ4v) is 3.51. The van der Waals surface area contributed by atoms with Crippen molar-refractivity contribution in [2.75, 3.05) is 13.7 Å². The van der Waals surface area contributed by atoms with Gasteiger partial charge in [0.1, 0.15) is 0 Å². The Kier molecular flexibility index (Phi) is 5.49. The summed E-state index contributed by atoms with van der Waals surface area (Å²) < 4.78 is 32.2. The number of carbonyl (C=O) groups excluding carboxylic acids is 1. The highest BCUT2D eigenvalue weighted by Gasteiger charge is 2.27. The predicted octanol–water partition coefficient (Wildman–Crippen LogP) is 1.05. The van der Waals surface area contributed by atoms with Gasteiger partial charge in [-0.2, -0.15) is 0 Å². The molecule has 0 fully saturated rings. The van der Waals surface area contributed by atoms with Crippen molar-refractivity contribution in [3.05, 3.63) is 29.3 Å². The van der Waals surface area contributed by atoms with E-state index in [-0.39, 0.29) is 10.5 Å². The Balaban J connectivity index is 3.41. The van der Waals surface area contributed by atoms with Crippen LogP contribution >= 0.6 is 0 Å². The molecule has 0 unspecified atom stereocenters. The quantitative estimate of drug-likeness (QED) is 0.792. The van der Waals surface area contributed by atoms with Crippen molar-refractivity contribution in [2.24, 2.45) is 5.73 Å². The molecular weight excluding hydrogens is 292 g/mol. The van der Waals surface area contributed by atoms with Crippen molar-refractivity contribution in [3.63, 3.8) is 0 Å². The molecular formula is C14H22N2O4S. The molecule has 0 heterocycles. The molecule has 0 aliphatic heterocycles. The molecule has 0 saturated carbocycles. The van der Waals surface area contributed by atoms with Gasteiger partial charge in [-0.25, -0.2) is 17.9 Å². The van der Waals surface area contributed by atoms with E-state index in [1.54, 1.807) is 26.8 Å². The number of methoxy groups -OCH3 is 1. The number of hydrogen-bond acceptors (Lipinski definition) is 5. The maximum atomic E-state index is 12.5. The van der Waals surface area contributed by atoms with E-state index in [1.807, 2.05) is 0 Å². The number of esters is 1. The maximum absolute atomic E-state index is 12.5. The normalized spacial score (nSPS) is 12.2. The first-order valence-electron chi connectivity index (χ1n) is 6.56. The second kappa shape index (κ2) is 6.55. The van der Waals surface area contributed by atoms with Crippen LogP contribution in [0.3, 0.4) is 0 Å². The molecule has 0 saturated heterocycles. The number of benzene rings is 1. The van der Waals surface area contributed by atoms with Gasteiger partial charge in [-0.05, 0) is 51.4 Å². The molecule has 1 aromatic carbocycles. The van der Waals surface area contributed by atoms with E-state index in [4.69, 9.17) is 5.73 Å². The molecule has 0 bridgehead atoms. The highest BCUT2D eigenvalue weighted by Crippen LogP contribution is 2.21. The summed E-state index contributed by atoms with van der Waals surface area (Å²) in [6.45, 7) is 5.58. The van der Waals surface area contributed by atoms with Gasteiger partial charge in [-0.3, -0.25) is 0 Å². The van der Waals surface area contributed by atoms with Gasteiger partial charge < -0.3 is 10.5 Å². The van der Waals surface area contributed by atoms with E-state index >= 15 is 0 Å². The lowest BCUT2D eigenvalue weighted by molar-refractivity contribution is 0.0596. The van der Waals surface area contributed by atoms with Gasteiger partial charge in [0.2, 0.25) is 10.0 Å². The van der Waals surface area contributed by atoms with Crippen LogP contribution in [0.5, 0.6) is 0 Å². The summed E-state index contributed by atoms with van der Waals surface area (Å²) in [5.41, 5.74) is 5.59. The van der Waals surface area contributed by atoms with Crippen LogP contribution in [0, 0.1) is 0 Å². The predicted molar refractivity (Wildman–Crippen MR) is 80.6 cm³/mol. The molecule has 0 aliphatic rings. The van der Waals surface area contributed by atoms with Crippen molar-refractivity contribution in [1.29, 1.82) is 0 Å². The summed E-state index contributed by atoms with van der Waals surface area (Å²) in [5, 5.41) is 0. The average molecular weight is 314 g/mol. The van der Waals surface area contributed by atoms with E-state index in [9.17, 15) is 13.2 Å². The van der Waals surface area contributed by atoms with Crippen LogP contribution in [0.25, 0.3) is 0 Å². The van der Waals surface area contributed by atoms with Crippen LogP contribution in [-0.2, 0) is 21.2 Å². The third-order valence-electron chi connectivity index (χ3n) is 2.61. The van der Waals surface area contributed by atoms with Crippen molar-refractivity contribution in [1.82, 2.24) is 4.72 Å². The second-order valence-corrected chi connectivity index (χ2v) is 7.37. The summed E-state index contributed by atoms with van der Waals surface area (Å²) in [6.07, 6.45) is 0.527. The Bertz CT molecular complexity index is 618. The number of nitrogens with two attached hydrogens (primary N) is 1. The van der Waals surface area contributed by atoms with Gasteiger partial charge in [0.05, 0.1) is 17.6 Å². The molecule has 1 rings (SSSR count). The molecule has 0 amide bonds. The van der Waals surface area contributed by atoms with Crippen molar-refractivity contribution in [3.8, 4) is 0 Å². The minimum absolute atomic E-state index is 0.00928. The Morgan fingerprint density at radius 3 is 2.43 bits per heavy atom. The minimum Gasteiger partial charge on any atom is -0.465 e. The lowest BCUT2D eigenvalue weighted by atomic mass is 10.1. The smallest absolute Gasteiger partial charge is 0.339 e. The molecule has 0 radical (unpaired) electrons. The number of ether oxygens (including phenoxy) is 1. The first-order valence-corrected chi connectivity index (χ1v) is 8.04. The van der Waals surface area contributed by atoms with E-state index < -0.39 is 21.5 Å². The van der Waals surface area contributed by atoms with Gasteiger partial charge in [-0.1, -0.05) is 6.07 Å². The van der Waals surface area contributed by atoms with E-state index in [1.165, 1.54) is 19.2 Å². The maximum Gasteiger partial charge on any atom is 0.339 e. The zero-order chi connectivity index (χ0) is 16.3. The molecule has 21 heavy (non-hydrogen) atoms. The summed E-state index contributed by atoms with van der Waals surface area (Å²) in [7, 11) is -2.62. The SMILES string of the molecule is COC(=O)c1ccc(CCN)cc1S(=O)(=O)NC(C)(C)C. The zero-order valence-electron chi connectivity index (χ0n) is 12.8. The van der Waals surface area contributed by atoms with Crippen LogP contribution in [0.2, 0.25) is 0 Å². The number of sulfonamides is 1. The number of carbonyl (C=O) groups is 1. The van der Waals surface area contributed by atoms with Crippen LogP contribution in [0.4, 0.5) is 0 Å². The minimum atomic E-state index is -3.84. The Hall–Kier alpha value is -1.44. The first-order chi connectivity index (χ1) is 9.60. The van der Waals surface area contributed by atoms with Gasteiger partial charge in [0.15, 0.2) is 0 Å². The lowest BCUT2D eigenvalue weighted by Crippen LogP contribution is -2.41. The highest BCUT2D eigenvalue weighted by atomic mass is 32.2. The molecule has 7 heteroatoms. The Morgan fingerprint density at radius 2 is 1.95 bits per heavy atom. The van der Waals surface area contributed by atoms with E-state index in [0.717, 1.165) is 5.56 Å². The summed E-state index contributed by atoms with van der Waals surface area (Å²) in [6, 6.07) is 4.59. The van der Waals surface area contributed by atoms with Crippen LogP contribution in [-0.4, -0.2) is 33.6 Å². The van der Waals surface area contributed by atoms with Gasteiger partial charge in [0, 0.05) is 5.54 Å². The first kappa shape index (κ1) is 17.6. The van der Waals surface area contributed by atoms with Crippen molar-refractivity contribution >= 4 is 16.0 Å². The molecule has 0 aromatic heterocycles. The molecule has 118 valence electrons. The fourth-order valence-electron chi connectivity index (χ4n) is 1.85. The third kappa shape index (κ3) is 4.80. The Morgan fingerprint density at radius 1 is 1.33 bits per heavy atom. The van der Waals surface area contributed by atoms with Gasteiger partial charge in [0.25, 0.3) is 0 Å². The van der Waals surface area contributed by atoms with Crippen molar-refractivity contribution in [2.45, 2.75) is 37.6 Å². The van der Waals surface area contributed by atoms with Gasteiger partial charge >= 0.3 is 5.97 Å². The molecule has 0 atom stereocenters. The lowest BCUT2D eigenvalue weighted by Gasteiger charge is -2.21. The average Bonchev–Trinajstić information content (AvgIpc) is 2.35. The molecule has 3 N–H and O–H groups in total. The van der Waals surface area contributed by atoms with E-state index in [2.05, 4.69) is 9.46 Å². The molecule has 0 spiro atoms. The second-order valence-electron chi connectivity index (χ2n) is 5.72. The van der Waals surface area contributed by atoms with Crippen LogP contribution in [0.1, 0.15) is 36.7 Å². The fraction of sp³-hybridized carbons (Fsp3) is 0.500. The summed E-state index contributed by atoms with van der Waals surface area (Å²) in [4.78, 5) is 11.7. The number of nitrogens with one attached hydrogen (secondary N) is 1. The molecule has 0 aliphatic carbocycles. The summed E-state index contributed by atoms with van der Waals surface area (Å²) >= 11 is 0. The molecule has 1 aromatic rings.